The van der Waals surface area contributed by atoms with E-state index in [1.807, 2.05) is 0 Å². The first-order chi connectivity index (χ1) is 11.1. The summed E-state index contributed by atoms with van der Waals surface area (Å²) in [5.41, 5.74) is 6.52. The van der Waals surface area contributed by atoms with Crippen LogP contribution in [0.1, 0.15) is 29.8 Å². The summed E-state index contributed by atoms with van der Waals surface area (Å²) in [4.78, 5) is 5.95. The van der Waals surface area contributed by atoms with E-state index in [0.29, 0.717) is 6.04 Å². The second-order valence-electron chi connectivity index (χ2n) is 6.98. The third-order valence-electron chi connectivity index (χ3n) is 5.41. The van der Waals surface area contributed by atoms with Gasteiger partial charge in [-0.15, -0.1) is 0 Å². The molecule has 3 aromatic rings. The minimum atomic E-state index is 0.688. The van der Waals surface area contributed by atoms with Crippen LogP contribution >= 0.6 is 0 Å². The molecule has 1 aromatic carbocycles. The van der Waals surface area contributed by atoms with Crippen LogP contribution in [0.3, 0.4) is 0 Å². The number of likely N-dealkylation sites (N-methyl/N-ethyl adjacent to an activating group) is 1. The number of nitrogens with zero attached hydrogens (tertiary/aromatic N) is 2. The topological polar surface area (TPSA) is 24.0 Å². The SMILES string of the molecule is Cc1ccc(C)n1-c1ccc2[nH]cc(C[C@@H]3CCCN3C)c2c1. The summed E-state index contributed by atoms with van der Waals surface area (Å²) >= 11 is 0. The van der Waals surface area contributed by atoms with Gasteiger partial charge in [0.25, 0.3) is 0 Å². The molecule has 3 heteroatoms. The Hall–Kier alpha value is -2.00. The van der Waals surface area contributed by atoms with Gasteiger partial charge >= 0.3 is 0 Å². The van der Waals surface area contributed by atoms with Crippen molar-refractivity contribution in [1.29, 1.82) is 0 Å². The van der Waals surface area contributed by atoms with Crippen molar-refractivity contribution in [3.05, 3.63) is 53.5 Å². The van der Waals surface area contributed by atoms with Crippen molar-refractivity contribution in [3.63, 3.8) is 0 Å². The van der Waals surface area contributed by atoms with Crippen molar-refractivity contribution in [2.45, 2.75) is 39.2 Å². The lowest BCUT2D eigenvalue weighted by atomic mass is 10.0. The molecule has 0 saturated carbocycles. The second kappa shape index (κ2) is 5.57. The zero-order valence-electron chi connectivity index (χ0n) is 14.3. The highest BCUT2D eigenvalue weighted by Gasteiger charge is 2.22. The summed E-state index contributed by atoms with van der Waals surface area (Å²) in [5, 5.41) is 1.37. The number of aromatic nitrogens is 2. The number of H-pyrrole nitrogens is 1. The lowest BCUT2D eigenvalue weighted by Crippen LogP contribution is -2.26. The Morgan fingerprint density at radius 1 is 1.13 bits per heavy atom. The molecule has 2 aromatic heterocycles. The van der Waals surface area contributed by atoms with Crippen LogP contribution in [0.25, 0.3) is 16.6 Å². The number of hydrogen-bond acceptors (Lipinski definition) is 1. The van der Waals surface area contributed by atoms with Crippen LogP contribution in [-0.2, 0) is 6.42 Å². The van der Waals surface area contributed by atoms with Crippen molar-refractivity contribution in [2.75, 3.05) is 13.6 Å². The molecule has 0 bridgehead atoms. The van der Waals surface area contributed by atoms with Gasteiger partial charge in [0.15, 0.2) is 0 Å². The van der Waals surface area contributed by atoms with Crippen LogP contribution in [0.5, 0.6) is 0 Å². The van der Waals surface area contributed by atoms with Crippen molar-refractivity contribution in [2.24, 2.45) is 0 Å². The normalized spacial score (nSPS) is 19.0. The third kappa shape index (κ3) is 2.49. The lowest BCUT2D eigenvalue weighted by Gasteiger charge is -2.19. The summed E-state index contributed by atoms with van der Waals surface area (Å²) in [6, 6.07) is 11.8. The molecule has 4 rings (SSSR count). The van der Waals surface area contributed by atoms with E-state index < -0.39 is 0 Å². The molecular formula is C20H25N3. The predicted molar refractivity (Wildman–Crippen MR) is 96.5 cm³/mol. The summed E-state index contributed by atoms with van der Waals surface area (Å²) in [7, 11) is 2.25. The molecular weight excluding hydrogens is 282 g/mol. The van der Waals surface area contributed by atoms with Gasteiger partial charge in [-0.2, -0.15) is 0 Å². The van der Waals surface area contributed by atoms with Gasteiger partial charge in [0.2, 0.25) is 0 Å². The fourth-order valence-corrected chi connectivity index (χ4v) is 4.04. The van der Waals surface area contributed by atoms with E-state index in [9.17, 15) is 0 Å². The molecule has 3 nitrogen and oxygen atoms in total. The Morgan fingerprint density at radius 2 is 1.91 bits per heavy atom. The Labute approximate surface area is 137 Å². The number of aromatic amines is 1. The molecule has 120 valence electrons. The van der Waals surface area contributed by atoms with Gasteiger partial charge in [-0.1, -0.05) is 0 Å². The molecule has 3 heterocycles. The smallest absolute Gasteiger partial charge is 0.0462 e. The van der Waals surface area contributed by atoms with Crippen molar-refractivity contribution < 1.29 is 0 Å². The average Bonchev–Trinajstić information content (AvgIpc) is 3.21. The van der Waals surface area contributed by atoms with Gasteiger partial charge in [-0.3, -0.25) is 0 Å². The van der Waals surface area contributed by atoms with Crippen LogP contribution in [-0.4, -0.2) is 34.1 Å². The minimum absolute atomic E-state index is 0.688. The van der Waals surface area contributed by atoms with Crippen LogP contribution in [0.2, 0.25) is 0 Å². The summed E-state index contributed by atoms with van der Waals surface area (Å²) in [5.74, 6) is 0. The molecule has 1 atom stereocenters. The number of benzene rings is 1. The van der Waals surface area contributed by atoms with Gasteiger partial charge in [0.1, 0.15) is 0 Å². The molecule has 0 amide bonds. The second-order valence-corrected chi connectivity index (χ2v) is 6.98. The van der Waals surface area contributed by atoms with Crippen LogP contribution < -0.4 is 0 Å². The molecule has 0 unspecified atom stereocenters. The largest absolute Gasteiger partial charge is 0.361 e. The summed E-state index contributed by atoms with van der Waals surface area (Å²) < 4.78 is 2.33. The quantitative estimate of drug-likeness (QED) is 0.770. The summed E-state index contributed by atoms with van der Waals surface area (Å²) in [6.45, 7) is 5.57. The monoisotopic (exact) mass is 307 g/mol. The highest BCUT2D eigenvalue weighted by atomic mass is 15.1. The highest BCUT2D eigenvalue weighted by molar-refractivity contribution is 5.85. The van der Waals surface area contributed by atoms with Crippen LogP contribution in [0, 0.1) is 13.8 Å². The van der Waals surface area contributed by atoms with Crippen LogP contribution in [0.4, 0.5) is 0 Å². The first kappa shape index (κ1) is 14.6. The van der Waals surface area contributed by atoms with Gasteiger partial charge in [-0.05, 0) is 82.6 Å². The maximum Gasteiger partial charge on any atom is 0.0462 e. The van der Waals surface area contributed by atoms with E-state index in [2.05, 4.69) is 71.9 Å². The molecule has 1 aliphatic heterocycles. The first-order valence-electron chi connectivity index (χ1n) is 8.59. The number of nitrogens with one attached hydrogen (secondary N) is 1. The number of likely N-dealkylation sites (tertiary alicyclic amines) is 1. The van der Waals surface area contributed by atoms with Gasteiger partial charge < -0.3 is 14.5 Å². The number of aryl methyl sites for hydroxylation is 2. The van der Waals surface area contributed by atoms with Crippen molar-refractivity contribution >= 4 is 10.9 Å². The van der Waals surface area contributed by atoms with Gasteiger partial charge in [0, 0.05) is 40.2 Å². The maximum absolute atomic E-state index is 3.45. The fourth-order valence-electron chi connectivity index (χ4n) is 4.04. The fraction of sp³-hybridized carbons (Fsp3) is 0.400. The zero-order chi connectivity index (χ0) is 16.0. The number of hydrogen-bond donors (Lipinski definition) is 1. The Balaban J connectivity index is 1.74. The van der Waals surface area contributed by atoms with Crippen molar-refractivity contribution in [3.8, 4) is 5.69 Å². The van der Waals surface area contributed by atoms with Crippen LogP contribution in [0.15, 0.2) is 36.5 Å². The predicted octanol–water partition coefficient (Wildman–Crippen LogP) is 4.21. The van der Waals surface area contributed by atoms with Gasteiger partial charge in [0.05, 0.1) is 0 Å². The third-order valence-corrected chi connectivity index (χ3v) is 5.41. The molecule has 0 aliphatic carbocycles. The lowest BCUT2D eigenvalue weighted by molar-refractivity contribution is 0.310. The van der Waals surface area contributed by atoms with Crippen molar-refractivity contribution in [1.82, 2.24) is 14.5 Å². The molecule has 1 fully saturated rings. The number of fused-ring (bicyclic) bond motifs is 1. The zero-order valence-corrected chi connectivity index (χ0v) is 14.3. The van der Waals surface area contributed by atoms with E-state index in [1.54, 1.807) is 0 Å². The molecule has 0 spiro atoms. The Morgan fingerprint density at radius 3 is 2.61 bits per heavy atom. The van der Waals surface area contributed by atoms with E-state index in [0.717, 1.165) is 6.42 Å². The van der Waals surface area contributed by atoms with E-state index in [1.165, 1.54) is 52.9 Å². The standard InChI is InChI=1S/C20H25N3/c1-14-6-7-15(2)23(14)18-8-9-20-19(12-18)16(13-21-20)11-17-5-4-10-22(17)3/h6-9,12-13,17,21H,4-5,10-11H2,1-3H3/t17-/m0/s1. The Bertz CT molecular complexity index is 820. The average molecular weight is 307 g/mol. The van der Waals surface area contributed by atoms with Gasteiger partial charge in [-0.25, -0.2) is 0 Å². The van der Waals surface area contributed by atoms with E-state index in [4.69, 9.17) is 0 Å². The number of rotatable bonds is 3. The summed E-state index contributed by atoms with van der Waals surface area (Å²) in [6.07, 6.45) is 5.99. The first-order valence-corrected chi connectivity index (χ1v) is 8.59. The van der Waals surface area contributed by atoms with E-state index >= 15 is 0 Å². The van der Waals surface area contributed by atoms with E-state index in [-0.39, 0.29) is 0 Å². The molecule has 1 aliphatic rings. The molecule has 0 radical (unpaired) electrons. The maximum atomic E-state index is 3.45. The Kier molecular flexibility index (Phi) is 3.53. The molecule has 1 saturated heterocycles. The highest BCUT2D eigenvalue weighted by Crippen LogP contribution is 2.27. The minimum Gasteiger partial charge on any atom is -0.361 e. The molecule has 23 heavy (non-hydrogen) atoms. The molecule has 1 N–H and O–H groups in total.